The fourth-order valence-corrected chi connectivity index (χ4v) is 1.63. The van der Waals surface area contributed by atoms with Crippen LogP contribution in [0.5, 0.6) is 5.75 Å². The highest BCUT2D eigenvalue weighted by molar-refractivity contribution is 9.10. The molecular weight excluding hydrogens is 230 g/mol. The lowest BCUT2D eigenvalue weighted by atomic mass is 10.1. The van der Waals surface area contributed by atoms with Crippen LogP contribution < -0.4 is 10.5 Å². The molecule has 3 heteroatoms. The van der Waals surface area contributed by atoms with Gasteiger partial charge in [-0.25, -0.2) is 0 Å². The summed E-state index contributed by atoms with van der Waals surface area (Å²) in [6.45, 7) is 2.69. The van der Waals surface area contributed by atoms with Crippen molar-refractivity contribution < 1.29 is 4.74 Å². The number of hydrogen-bond donors (Lipinski definition) is 1. The zero-order chi connectivity index (χ0) is 9.84. The number of ether oxygens (including phenoxy) is 1. The molecule has 72 valence electrons. The largest absolute Gasteiger partial charge is 0.496 e. The molecule has 0 saturated heterocycles. The van der Waals surface area contributed by atoms with Gasteiger partial charge in [0, 0.05) is 4.47 Å². The van der Waals surface area contributed by atoms with Crippen LogP contribution in [0.4, 0.5) is 0 Å². The predicted octanol–water partition coefficient (Wildman–Crippen LogP) is 2.27. The highest BCUT2D eigenvalue weighted by Gasteiger charge is 2.05. The standard InChI is InChI=1S/C10H14BrNO/c1-7-5-10(13-2)8(3-4-12)6-9(7)11/h5-6H,3-4,12H2,1-2H3. The fraction of sp³-hybridized carbons (Fsp3) is 0.400. The summed E-state index contributed by atoms with van der Waals surface area (Å²) in [5, 5.41) is 0. The average Bonchev–Trinajstić information content (AvgIpc) is 2.11. The lowest BCUT2D eigenvalue weighted by Gasteiger charge is -2.09. The van der Waals surface area contributed by atoms with Crippen LogP contribution in [0.2, 0.25) is 0 Å². The molecule has 0 atom stereocenters. The Morgan fingerprint density at radius 2 is 2.15 bits per heavy atom. The molecule has 13 heavy (non-hydrogen) atoms. The molecule has 1 aromatic rings. The number of benzene rings is 1. The van der Waals surface area contributed by atoms with Gasteiger partial charge in [-0.3, -0.25) is 0 Å². The molecule has 0 saturated carbocycles. The Morgan fingerprint density at radius 3 is 2.69 bits per heavy atom. The third-order valence-corrected chi connectivity index (χ3v) is 2.83. The number of nitrogens with two attached hydrogens (primary N) is 1. The molecule has 2 N–H and O–H groups in total. The topological polar surface area (TPSA) is 35.2 Å². The number of methoxy groups -OCH3 is 1. The maximum absolute atomic E-state index is 5.50. The van der Waals surface area contributed by atoms with Crippen LogP contribution in [-0.4, -0.2) is 13.7 Å². The molecule has 1 aromatic carbocycles. The Hall–Kier alpha value is -0.540. The van der Waals surface area contributed by atoms with Crippen molar-refractivity contribution >= 4 is 15.9 Å². The summed E-state index contributed by atoms with van der Waals surface area (Å²) in [6, 6.07) is 4.09. The molecule has 0 amide bonds. The predicted molar refractivity (Wildman–Crippen MR) is 58.2 cm³/mol. The van der Waals surface area contributed by atoms with Crippen LogP contribution in [0.1, 0.15) is 11.1 Å². The van der Waals surface area contributed by atoms with E-state index >= 15 is 0 Å². The first kappa shape index (κ1) is 10.5. The molecule has 0 aliphatic carbocycles. The van der Waals surface area contributed by atoms with Gasteiger partial charge < -0.3 is 10.5 Å². The molecule has 0 bridgehead atoms. The van der Waals surface area contributed by atoms with Gasteiger partial charge in [-0.15, -0.1) is 0 Å². The molecular formula is C10H14BrNO. The molecule has 0 fully saturated rings. The van der Waals surface area contributed by atoms with Gasteiger partial charge in [0.05, 0.1) is 7.11 Å². The highest BCUT2D eigenvalue weighted by atomic mass is 79.9. The van der Waals surface area contributed by atoms with Crippen molar-refractivity contribution in [2.75, 3.05) is 13.7 Å². The van der Waals surface area contributed by atoms with Crippen LogP contribution in [0.3, 0.4) is 0 Å². The third kappa shape index (κ3) is 2.45. The molecule has 2 nitrogen and oxygen atoms in total. The molecule has 0 unspecified atom stereocenters. The van der Waals surface area contributed by atoms with Gasteiger partial charge in [-0.05, 0) is 43.1 Å². The Kier molecular flexibility index (Phi) is 3.75. The second-order valence-corrected chi connectivity index (χ2v) is 3.81. The van der Waals surface area contributed by atoms with Crippen LogP contribution >= 0.6 is 15.9 Å². The first-order valence-electron chi connectivity index (χ1n) is 4.22. The maximum atomic E-state index is 5.50. The first-order valence-corrected chi connectivity index (χ1v) is 5.01. The van der Waals surface area contributed by atoms with Gasteiger partial charge in [0.1, 0.15) is 5.75 Å². The Labute approximate surface area is 87.2 Å². The lowest BCUT2D eigenvalue weighted by molar-refractivity contribution is 0.409. The molecule has 0 heterocycles. The van der Waals surface area contributed by atoms with Gasteiger partial charge in [-0.1, -0.05) is 15.9 Å². The van der Waals surface area contributed by atoms with Crippen molar-refractivity contribution in [1.29, 1.82) is 0 Å². The quantitative estimate of drug-likeness (QED) is 0.885. The SMILES string of the molecule is COc1cc(C)c(Br)cc1CCN. The van der Waals surface area contributed by atoms with Crippen LogP contribution in [0, 0.1) is 6.92 Å². The van der Waals surface area contributed by atoms with Gasteiger partial charge in [0.2, 0.25) is 0 Å². The van der Waals surface area contributed by atoms with E-state index in [0.29, 0.717) is 6.54 Å². The smallest absolute Gasteiger partial charge is 0.122 e. The van der Waals surface area contributed by atoms with E-state index in [4.69, 9.17) is 10.5 Å². The van der Waals surface area contributed by atoms with E-state index in [-0.39, 0.29) is 0 Å². The minimum Gasteiger partial charge on any atom is -0.496 e. The second-order valence-electron chi connectivity index (χ2n) is 2.95. The van der Waals surface area contributed by atoms with Crippen LogP contribution in [-0.2, 0) is 6.42 Å². The molecule has 1 rings (SSSR count). The van der Waals surface area contributed by atoms with E-state index in [0.717, 1.165) is 22.2 Å². The molecule has 0 aliphatic rings. The molecule has 0 radical (unpaired) electrons. The monoisotopic (exact) mass is 243 g/mol. The highest BCUT2D eigenvalue weighted by Crippen LogP contribution is 2.26. The summed E-state index contributed by atoms with van der Waals surface area (Å²) in [5.41, 5.74) is 7.83. The zero-order valence-electron chi connectivity index (χ0n) is 7.93. The van der Waals surface area contributed by atoms with Crippen molar-refractivity contribution in [3.05, 3.63) is 27.7 Å². The minimum absolute atomic E-state index is 0.645. The van der Waals surface area contributed by atoms with E-state index in [9.17, 15) is 0 Å². The fourth-order valence-electron chi connectivity index (χ4n) is 1.24. The normalized spacial score (nSPS) is 10.2. The Morgan fingerprint density at radius 1 is 1.46 bits per heavy atom. The van der Waals surface area contributed by atoms with Crippen molar-refractivity contribution in [2.24, 2.45) is 5.73 Å². The first-order chi connectivity index (χ1) is 6.19. The summed E-state index contributed by atoms with van der Waals surface area (Å²) in [7, 11) is 1.68. The van der Waals surface area contributed by atoms with Crippen molar-refractivity contribution in [2.45, 2.75) is 13.3 Å². The minimum atomic E-state index is 0.645. The summed E-state index contributed by atoms with van der Waals surface area (Å²) >= 11 is 3.48. The summed E-state index contributed by atoms with van der Waals surface area (Å²) in [5.74, 6) is 0.922. The van der Waals surface area contributed by atoms with Gasteiger partial charge in [-0.2, -0.15) is 0 Å². The van der Waals surface area contributed by atoms with Gasteiger partial charge in [0.15, 0.2) is 0 Å². The summed E-state index contributed by atoms with van der Waals surface area (Å²) < 4.78 is 6.37. The van der Waals surface area contributed by atoms with Crippen LogP contribution in [0.25, 0.3) is 0 Å². The number of rotatable bonds is 3. The Balaban J connectivity index is 3.09. The lowest BCUT2D eigenvalue weighted by Crippen LogP contribution is -2.04. The van der Waals surface area contributed by atoms with Gasteiger partial charge in [0.25, 0.3) is 0 Å². The van der Waals surface area contributed by atoms with Crippen molar-refractivity contribution in [3.63, 3.8) is 0 Å². The van der Waals surface area contributed by atoms with E-state index in [1.54, 1.807) is 7.11 Å². The zero-order valence-corrected chi connectivity index (χ0v) is 9.52. The van der Waals surface area contributed by atoms with Crippen molar-refractivity contribution in [3.8, 4) is 5.75 Å². The van der Waals surface area contributed by atoms with Crippen molar-refractivity contribution in [1.82, 2.24) is 0 Å². The van der Waals surface area contributed by atoms with E-state index < -0.39 is 0 Å². The maximum Gasteiger partial charge on any atom is 0.122 e. The van der Waals surface area contributed by atoms with Crippen LogP contribution in [0.15, 0.2) is 16.6 Å². The number of halogens is 1. The summed E-state index contributed by atoms with van der Waals surface area (Å²) in [4.78, 5) is 0. The number of aryl methyl sites for hydroxylation is 1. The van der Waals surface area contributed by atoms with E-state index in [1.165, 1.54) is 5.56 Å². The number of hydrogen-bond acceptors (Lipinski definition) is 2. The third-order valence-electron chi connectivity index (χ3n) is 1.98. The summed E-state index contributed by atoms with van der Waals surface area (Å²) in [6.07, 6.45) is 0.849. The van der Waals surface area contributed by atoms with E-state index in [1.807, 2.05) is 13.0 Å². The van der Waals surface area contributed by atoms with E-state index in [2.05, 4.69) is 22.0 Å². The molecule has 0 aromatic heterocycles. The molecule has 0 aliphatic heterocycles. The average molecular weight is 244 g/mol. The van der Waals surface area contributed by atoms with Gasteiger partial charge >= 0.3 is 0 Å². The molecule has 0 spiro atoms. The Bertz CT molecular complexity index is 299. The second kappa shape index (κ2) is 4.63.